The zero-order chi connectivity index (χ0) is 13.2. The molecule has 4 fully saturated rings. The van der Waals surface area contributed by atoms with Gasteiger partial charge < -0.3 is 10.2 Å². The van der Waals surface area contributed by atoms with Crippen LogP contribution >= 0.6 is 0 Å². The summed E-state index contributed by atoms with van der Waals surface area (Å²) in [6.07, 6.45) is 7.84. The van der Waals surface area contributed by atoms with Crippen molar-refractivity contribution in [2.45, 2.75) is 46.0 Å². The van der Waals surface area contributed by atoms with Crippen molar-refractivity contribution in [1.82, 2.24) is 10.2 Å². The average molecular weight is 264 g/mol. The maximum absolute atomic E-state index is 3.77. The van der Waals surface area contributed by atoms with Crippen molar-refractivity contribution < 1.29 is 0 Å². The summed E-state index contributed by atoms with van der Waals surface area (Å²) in [6.45, 7) is 10.6. The van der Waals surface area contributed by atoms with Crippen LogP contribution in [0.3, 0.4) is 0 Å². The molecule has 0 heterocycles. The van der Waals surface area contributed by atoms with Gasteiger partial charge in [0.25, 0.3) is 0 Å². The summed E-state index contributed by atoms with van der Waals surface area (Å²) >= 11 is 0. The van der Waals surface area contributed by atoms with Crippen LogP contribution in [0.2, 0.25) is 0 Å². The third-order valence-electron chi connectivity index (χ3n) is 6.30. The van der Waals surface area contributed by atoms with Crippen LogP contribution in [0.25, 0.3) is 0 Å². The normalized spacial score (nSPS) is 40.3. The third-order valence-corrected chi connectivity index (χ3v) is 6.30. The first kappa shape index (κ1) is 13.9. The van der Waals surface area contributed by atoms with Crippen LogP contribution in [0.4, 0.5) is 0 Å². The summed E-state index contributed by atoms with van der Waals surface area (Å²) in [5.41, 5.74) is 0. The molecule has 110 valence electrons. The van der Waals surface area contributed by atoms with Gasteiger partial charge in [-0.25, -0.2) is 0 Å². The molecule has 0 unspecified atom stereocenters. The number of rotatable bonds is 7. The largest absolute Gasteiger partial charge is 0.315 e. The second-order valence-corrected chi connectivity index (χ2v) is 7.33. The van der Waals surface area contributed by atoms with Gasteiger partial charge in [0, 0.05) is 13.1 Å². The molecular weight excluding hydrogens is 232 g/mol. The fraction of sp³-hybridized carbons (Fsp3) is 1.00. The van der Waals surface area contributed by atoms with Gasteiger partial charge in [0.2, 0.25) is 0 Å². The minimum Gasteiger partial charge on any atom is -0.315 e. The van der Waals surface area contributed by atoms with E-state index in [1.54, 1.807) is 32.1 Å². The van der Waals surface area contributed by atoms with E-state index in [1.807, 2.05) is 0 Å². The molecule has 0 aromatic carbocycles. The van der Waals surface area contributed by atoms with Crippen molar-refractivity contribution in [3.05, 3.63) is 0 Å². The number of nitrogens with zero attached hydrogens (tertiary/aromatic N) is 1. The molecule has 1 N–H and O–H groups in total. The third kappa shape index (κ3) is 3.00. The van der Waals surface area contributed by atoms with Gasteiger partial charge in [-0.05, 0) is 81.3 Å². The number of nitrogens with one attached hydrogen (secondary N) is 1. The topological polar surface area (TPSA) is 15.3 Å². The molecule has 4 saturated carbocycles. The van der Waals surface area contributed by atoms with Gasteiger partial charge >= 0.3 is 0 Å². The van der Waals surface area contributed by atoms with E-state index >= 15 is 0 Å². The van der Waals surface area contributed by atoms with Gasteiger partial charge in [-0.2, -0.15) is 0 Å². The highest BCUT2D eigenvalue weighted by Gasteiger charge is 2.47. The summed E-state index contributed by atoms with van der Waals surface area (Å²) in [4.78, 5) is 2.52. The van der Waals surface area contributed by atoms with Gasteiger partial charge in [0.15, 0.2) is 0 Å². The highest BCUT2D eigenvalue weighted by Crippen LogP contribution is 2.56. The fourth-order valence-electron chi connectivity index (χ4n) is 5.42. The van der Waals surface area contributed by atoms with E-state index in [2.05, 4.69) is 24.1 Å². The van der Waals surface area contributed by atoms with Crippen LogP contribution in [0.1, 0.15) is 46.0 Å². The fourth-order valence-corrected chi connectivity index (χ4v) is 5.42. The van der Waals surface area contributed by atoms with Crippen LogP contribution in [0, 0.1) is 29.6 Å². The molecule has 4 aliphatic rings. The van der Waals surface area contributed by atoms with Crippen LogP contribution in [-0.4, -0.2) is 37.6 Å². The molecule has 0 amide bonds. The SMILES string of the molecule is CCN(CC)CCNCC1C2CC3CC(C2)CC1C3. The molecule has 4 rings (SSSR count). The Kier molecular flexibility index (Phi) is 4.48. The second kappa shape index (κ2) is 6.13. The Balaban J connectivity index is 1.41. The molecule has 0 saturated heterocycles. The molecule has 4 bridgehead atoms. The Labute approximate surface area is 119 Å². The lowest BCUT2D eigenvalue weighted by Gasteiger charge is -2.54. The first-order chi connectivity index (χ1) is 9.30. The molecule has 0 atom stereocenters. The molecule has 4 aliphatic carbocycles. The van der Waals surface area contributed by atoms with Crippen LogP contribution in [-0.2, 0) is 0 Å². The number of likely N-dealkylation sites (N-methyl/N-ethyl adjacent to an activating group) is 1. The van der Waals surface area contributed by atoms with Crippen LogP contribution < -0.4 is 5.32 Å². The first-order valence-corrected chi connectivity index (χ1v) is 8.73. The quantitative estimate of drug-likeness (QED) is 0.711. The van der Waals surface area contributed by atoms with Gasteiger partial charge in [-0.1, -0.05) is 13.8 Å². The maximum Gasteiger partial charge on any atom is 0.0107 e. The van der Waals surface area contributed by atoms with Gasteiger partial charge in [0.1, 0.15) is 0 Å². The van der Waals surface area contributed by atoms with Gasteiger partial charge in [-0.15, -0.1) is 0 Å². The van der Waals surface area contributed by atoms with Crippen molar-refractivity contribution in [3.8, 4) is 0 Å². The number of hydrogen-bond donors (Lipinski definition) is 1. The van der Waals surface area contributed by atoms with E-state index < -0.39 is 0 Å². The minimum atomic E-state index is 1.02. The summed E-state index contributed by atoms with van der Waals surface area (Å²) < 4.78 is 0. The summed E-state index contributed by atoms with van der Waals surface area (Å²) in [7, 11) is 0. The van der Waals surface area contributed by atoms with Crippen molar-refractivity contribution >= 4 is 0 Å². The van der Waals surface area contributed by atoms with E-state index in [1.165, 1.54) is 32.7 Å². The maximum atomic E-state index is 3.77. The van der Waals surface area contributed by atoms with Crippen molar-refractivity contribution in [3.63, 3.8) is 0 Å². The molecule has 0 aromatic heterocycles. The van der Waals surface area contributed by atoms with E-state index in [-0.39, 0.29) is 0 Å². The van der Waals surface area contributed by atoms with Crippen LogP contribution in [0.15, 0.2) is 0 Å². The molecule has 2 heteroatoms. The predicted molar refractivity (Wildman–Crippen MR) is 81.2 cm³/mol. The second-order valence-electron chi connectivity index (χ2n) is 7.33. The smallest absolute Gasteiger partial charge is 0.0107 e. The zero-order valence-corrected chi connectivity index (χ0v) is 12.9. The van der Waals surface area contributed by atoms with Gasteiger partial charge in [0.05, 0.1) is 0 Å². The molecule has 0 radical (unpaired) electrons. The van der Waals surface area contributed by atoms with Crippen molar-refractivity contribution in [2.75, 3.05) is 32.7 Å². The van der Waals surface area contributed by atoms with Crippen molar-refractivity contribution in [2.24, 2.45) is 29.6 Å². The molecule has 0 spiro atoms. The lowest BCUT2D eigenvalue weighted by Crippen LogP contribution is -2.48. The van der Waals surface area contributed by atoms with Crippen LogP contribution in [0.5, 0.6) is 0 Å². The number of hydrogen-bond acceptors (Lipinski definition) is 2. The first-order valence-electron chi connectivity index (χ1n) is 8.73. The molecular formula is C17H32N2. The summed E-state index contributed by atoms with van der Waals surface area (Å²) in [5, 5.41) is 3.77. The standard InChI is InChI=1S/C17H32N2/c1-3-19(4-2)6-5-18-12-17-15-8-13-7-14(10-15)11-16(17)9-13/h13-18H,3-12H2,1-2H3. The Bertz CT molecular complexity index is 257. The zero-order valence-electron chi connectivity index (χ0n) is 12.9. The monoisotopic (exact) mass is 264 g/mol. The van der Waals surface area contributed by atoms with E-state index in [9.17, 15) is 0 Å². The lowest BCUT2D eigenvalue weighted by atomic mass is 9.52. The average Bonchev–Trinajstić information content (AvgIpc) is 2.40. The molecule has 0 aliphatic heterocycles. The molecule has 19 heavy (non-hydrogen) atoms. The van der Waals surface area contributed by atoms with E-state index in [4.69, 9.17) is 0 Å². The Morgan fingerprint density at radius 2 is 1.47 bits per heavy atom. The highest BCUT2D eigenvalue weighted by molar-refractivity contribution is 4.98. The summed E-state index contributed by atoms with van der Waals surface area (Å²) in [5.74, 6) is 5.42. The Hall–Kier alpha value is -0.0800. The minimum absolute atomic E-state index is 1.02. The summed E-state index contributed by atoms with van der Waals surface area (Å²) in [6, 6.07) is 0. The highest BCUT2D eigenvalue weighted by atomic mass is 15.1. The predicted octanol–water partition coefficient (Wildman–Crippen LogP) is 2.99. The lowest BCUT2D eigenvalue weighted by molar-refractivity contribution is -0.0354. The molecule has 2 nitrogen and oxygen atoms in total. The Morgan fingerprint density at radius 1 is 0.895 bits per heavy atom. The van der Waals surface area contributed by atoms with Gasteiger partial charge in [-0.3, -0.25) is 0 Å². The Morgan fingerprint density at radius 3 is 2.00 bits per heavy atom. The molecule has 0 aromatic rings. The van der Waals surface area contributed by atoms with E-state index in [0.29, 0.717) is 0 Å². The van der Waals surface area contributed by atoms with Crippen molar-refractivity contribution in [1.29, 1.82) is 0 Å². The van der Waals surface area contributed by atoms with E-state index in [0.717, 1.165) is 29.6 Å².